The molecule has 0 aliphatic heterocycles. The van der Waals surface area contributed by atoms with Crippen LogP contribution in [0.3, 0.4) is 0 Å². The molecule has 0 fully saturated rings. The predicted molar refractivity (Wildman–Crippen MR) is 62.0 cm³/mol. The third-order valence-corrected chi connectivity index (χ3v) is 2.45. The van der Waals surface area contributed by atoms with E-state index < -0.39 is 22.0 Å². The van der Waals surface area contributed by atoms with Crippen molar-refractivity contribution in [2.24, 2.45) is 0 Å². The van der Waals surface area contributed by atoms with Crippen molar-refractivity contribution in [2.75, 3.05) is 5.32 Å². The molecule has 1 unspecified atom stereocenters. The predicted octanol–water partition coefficient (Wildman–Crippen LogP) is 1.73. The van der Waals surface area contributed by atoms with Crippen LogP contribution in [-0.2, 0) is 9.59 Å². The smallest absolute Gasteiger partial charge is 0.292 e. The number of carbonyl (C=O) groups is 2. The molecule has 6 nitrogen and oxygen atoms in total. The number of benzene rings is 1. The van der Waals surface area contributed by atoms with Gasteiger partial charge in [-0.2, -0.15) is 0 Å². The molecular formula is C10H9ClN2O4. The van der Waals surface area contributed by atoms with Crippen LogP contribution in [0.15, 0.2) is 24.3 Å². The normalized spacial score (nSPS) is 11.6. The lowest BCUT2D eigenvalue weighted by Gasteiger charge is -2.07. The highest BCUT2D eigenvalue weighted by atomic mass is 35.5. The van der Waals surface area contributed by atoms with E-state index in [4.69, 9.17) is 11.6 Å². The molecule has 1 amide bonds. The number of halogens is 1. The van der Waals surface area contributed by atoms with Gasteiger partial charge in [0.05, 0.1) is 4.92 Å². The van der Waals surface area contributed by atoms with Gasteiger partial charge in [0, 0.05) is 6.07 Å². The number of nitrogens with zero attached hydrogens (tertiary/aromatic N) is 1. The molecule has 0 bridgehead atoms. The van der Waals surface area contributed by atoms with Gasteiger partial charge in [0.2, 0.25) is 5.91 Å². The Morgan fingerprint density at radius 2 is 2.00 bits per heavy atom. The summed E-state index contributed by atoms with van der Waals surface area (Å²) in [5, 5.41) is 11.5. The first-order valence-corrected chi connectivity index (χ1v) is 5.06. The minimum Gasteiger partial charge on any atom is -0.319 e. The van der Waals surface area contributed by atoms with Crippen LogP contribution in [0.4, 0.5) is 11.4 Å². The summed E-state index contributed by atoms with van der Waals surface area (Å²) >= 11 is 5.52. The summed E-state index contributed by atoms with van der Waals surface area (Å²) in [6.45, 7) is 1.16. The molecule has 0 aromatic heterocycles. The summed E-state index contributed by atoms with van der Waals surface area (Å²) in [6.07, 6.45) is 0. The van der Waals surface area contributed by atoms with Gasteiger partial charge in [0.1, 0.15) is 5.69 Å². The van der Waals surface area contributed by atoms with Gasteiger partial charge < -0.3 is 5.32 Å². The van der Waals surface area contributed by atoms with E-state index in [2.05, 4.69) is 5.32 Å². The molecule has 1 aromatic rings. The van der Waals surface area contributed by atoms with Crippen molar-refractivity contribution >= 4 is 34.7 Å². The molecule has 0 spiro atoms. The quantitative estimate of drug-likeness (QED) is 0.384. The number of rotatable bonds is 4. The van der Waals surface area contributed by atoms with Crippen LogP contribution in [0.1, 0.15) is 6.92 Å². The summed E-state index contributed by atoms with van der Waals surface area (Å²) in [5.74, 6) is -1.31. The van der Waals surface area contributed by atoms with E-state index in [1.807, 2.05) is 0 Å². The van der Waals surface area contributed by atoms with Crippen LogP contribution in [0.5, 0.6) is 0 Å². The van der Waals surface area contributed by atoms with Gasteiger partial charge >= 0.3 is 0 Å². The second-order valence-corrected chi connectivity index (χ2v) is 3.67. The molecule has 1 N–H and O–H groups in total. The zero-order valence-electron chi connectivity index (χ0n) is 8.84. The van der Waals surface area contributed by atoms with Crippen molar-refractivity contribution in [1.82, 2.24) is 0 Å². The summed E-state index contributed by atoms with van der Waals surface area (Å²) in [6, 6.07) is 5.60. The van der Waals surface area contributed by atoms with Crippen molar-refractivity contribution in [2.45, 2.75) is 12.3 Å². The zero-order chi connectivity index (χ0) is 13.0. The molecular weight excluding hydrogens is 248 g/mol. The second kappa shape index (κ2) is 5.40. The molecule has 1 rings (SSSR count). The lowest BCUT2D eigenvalue weighted by atomic mass is 10.2. The summed E-state index contributed by atoms with van der Waals surface area (Å²) in [5.41, 5.74) is -0.248. The maximum absolute atomic E-state index is 11.4. The van der Waals surface area contributed by atoms with E-state index in [0.717, 1.165) is 6.92 Å². The highest BCUT2D eigenvalue weighted by molar-refractivity contribution is 6.43. The Kier molecular flexibility index (Phi) is 4.17. The third kappa shape index (κ3) is 3.25. The number of anilines is 1. The Bertz CT molecular complexity index is 475. The van der Waals surface area contributed by atoms with Gasteiger partial charge in [-0.25, -0.2) is 0 Å². The van der Waals surface area contributed by atoms with Crippen LogP contribution in [-0.4, -0.2) is 22.0 Å². The molecule has 0 aliphatic carbocycles. The molecule has 0 saturated carbocycles. The Labute approximate surface area is 102 Å². The standard InChI is InChI=1S/C10H9ClN2O4/c1-6(14)9(11)10(15)12-7-4-2-3-5-8(7)13(16)17/h2-5,9H,1H3,(H,12,15). The molecule has 0 radical (unpaired) electrons. The SMILES string of the molecule is CC(=O)C(Cl)C(=O)Nc1ccccc1[N+](=O)[O-]. The van der Waals surface area contributed by atoms with Gasteiger partial charge in [-0.3, -0.25) is 19.7 Å². The highest BCUT2D eigenvalue weighted by Crippen LogP contribution is 2.23. The first-order valence-electron chi connectivity index (χ1n) is 4.62. The maximum Gasteiger partial charge on any atom is 0.292 e. The Balaban J connectivity index is 2.92. The van der Waals surface area contributed by atoms with Crippen LogP contribution >= 0.6 is 11.6 Å². The molecule has 0 saturated heterocycles. The zero-order valence-corrected chi connectivity index (χ0v) is 9.60. The average molecular weight is 257 g/mol. The minimum absolute atomic E-state index is 0.00870. The number of alkyl halides is 1. The van der Waals surface area contributed by atoms with Crippen molar-refractivity contribution < 1.29 is 14.5 Å². The number of para-hydroxylation sites is 2. The fraction of sp³-hybridized carbons (Fsp3) is 0.200. The third-order valence-electron chi connectivity index (χ3n) is 1.95. The van der Waals surface area contributed by atoms with E-state index in [1.165, 1.54) is 24.3 Å². The first kappa shape index (κ1) is 13.1. The summed E-state index contributed by atoms with van der Waals surface area (Å²) in [4.78, 5) is 32.3. The van der Waals surface area contributed by atoms with Crippen LogP contribution < -0.4 is 5.32 Å². The van der Waals surface area contributed by atoms with Crippen molar-refractivity contribution in [3.63, 3.8) is 0 Å². The number of ketones is 1. The average Bonchev–Trinajstić information content (AvgIpc) is 2.28. The fourth-order valence-electron chi connectivity index (χ4n) is 1.12. The largest absolute Gasteiger partial charge is 0.319 e. The van der Waals surface area contributed by atoms with Crippen LogP contribution in [0, 0.1) is 10.1 Å². The van der Waals surface area contributed by atoms with Crippen LogP contribution in [0.2, 0.25) is 0 Å². The van der Waals surface area contributed by atoms with Gasteiger partial charge in [-0.05, 0) is 13.0 Å². The number of hydrogen-bond acceptors (Lipinski definition) is 4. The minimum atomic E-state index is -1.35. The second-order valence-electron chi connectivity index (χ2n) is 3.24. The van der Waals surface area contributed by atoms with Gasteiger partial charge in [-0.1, -0.05) is 12.1 Å². The van der Waals surface area contributed by atoms with Gasteiger partial charge in [0.25, 0.3) is 5.69 Å². The van der Waals surface area contributed by atoms with E-state index in [0.29, 0.717) is 0 Å². The van der Waals surface area contributed by atoms with E-state index in [9.17, 15) is 19.7 Å². The Hall–Kier alpha value is -1.95. The molecule has 7 heteroatoms. The molecule has 17 heavy (non-hydrogen) atoms. The molecule has 90 valence electrons. The molecule has 1 atom stereocenters. The highest BCUT2D eigenvalue weighted by Gasteiger charge is 2.22. The number of hydrogen-bond donors (Lipinski definition) is 1. The Morgan fingerprint density at radius 3 is 2.53 bits per heavy atom. The number of nitro benzene ring substituents is 1. The maximum atomic E-state index is 11.4. The lowest BCUT2D eigenvalue weighted by Crippen LogP contribution is -2.29. The fourth-order valence-corrected chi connectivity index (χ4v) is 1.17. The number of amides is 1. The topological polar surface area (TPSA) is 89.3 Å². The number of carbonyl (C=O) groups excluding carboxylic acids is 2. The number of nitrogens with one attached hydrogen (secondary N) is 1. The molecule has 0 aliphatic rings. The molecule has 1 aromatic carbocycles. The molecule has 0 heterocycles. The Morgan fingerprint density at radius 1 is 1.41 bits per heavy atom. The van der Waals surface area contributed by atoms with E-state index >= 15 is 0 Å². The van der Waals surface area contributed by atoms with E-state index in [-0.39, 0.29) is 11.4 Å². The van der Waals surface area contributed by atoms with Crippen LogP contribution in [0.25, 0.3) is 0 Å². The van der Waals surface area contributed by atoms with Crippen molar-refractivity contribution in [3.8, 4) is 0 Å². The van der Waals surface area contributed by atoms with Crippen molar-refractivity contribution in [3.05, 3.63) is 34.4 Å². The lowest BCUT2D eigenvalue weighted by molar-refractivity contribution is -0.383. The first-order chi connectivity index (χ1) is 7.93. The van der Waals surface area contributed by atoms with Gasteiger partial charge in [0.15, 0.2) is 11.2 Å². The summed E-state index contributed by atoms with van der Waals surface area (Å²) in [7, 11) is 0. The van der Waals surface area contributed by atoms with Gasteiger partial charge in [-0.15, -0.1) is 11.6 Å². The monoisotopic (exact) mass is 256 g/mol. The summed E-state index contributed by atoms with van der Waals surface area (Å²) < 4.78 is 0. The number of nitro groups is 1. The van der Waals surface area contributed by atoms with E-state index in [1.54, 1.807) is 0 Å². The van der Waals surface area contributed by atoms with Crippen molar-refractivity contribution in [1.29, 1.82) is 0 Å². The number of Topliss-reactive ketones (excluding diaryl/α,β-unsaturated/α-hetero) is 1.